The smallest absolute Gasteiger partial charge is 0.280 e. The molecule has 1 aliphatic rings. The summed E-state index contributed by atoms with van der Waals surface area (Å²) in [4.78, 5) is 18.2. The molecule has 0 radical (unpaired) electrons. The first-order valence-electron chi connectivity index (χ1n) is 6.02. The van der Waals surface area contributed by atoms with Gasteiger partial charge in [0.1, 0.15) is 10.5 Å². The van der Waals surface area contributed by atoms with Gasteiger partial charge in [-0.3, -0.25) is 10.1 Å². The van der Waals surface area contributed by atoms with Crippen LogP contribution < -0.4 is 0 Å². The van der Waals surface area contributed by atoms with E-state index in [1.54, 1.807) is 18.2 Å². The van der Waals surface area contributed by atoms with Crippen molar-refractivity contribution in [1.29, 1.82) is 0 Å². The second kappa shape index (κ2) is 4.55. The topological polar surface area (TPSA) is 71.8 Å². The largest absolute Gasteiger partial charge is 0.343 e. The van der Waals surface area contributed by atoms with Gasteiger partial charge < -0.3 is 4.98 Å². The minimum Gasteiger partial charge on any atom is -0.343 e. The highest BCUT2D eigenvalue weighted by molar-refractivity contribution is 7.71. The number of hydrogen-bond acceptors (Lipinski definition) is 4. The Hall–Kier alpha value is -2.08. The van der Waals surface area contributed by atoms with E-state index in [1.807, 2.05) is 0 Å². The van der Waals surface area contributed by atoms with Gasteiger partial charge in [-0.2, -0.15) is 0 Å². The van der Waals surface area contributed by atoms with Gasteiger partial charge in [0.2, 0.25) is 0 Å². The maximum Gasteiger partial charge on any atom is 0.280 e. The van der Waals surface area contributed by atoms with Crippen molar-refractivity contribution in [2.24, 2.45) is 0 Å². The number of nitro groups is 1. The van der Waals surface area contributed by atoms with Crippen LogP contribution in [0.1, 0.15) is 17.7 Å². The van der Waals surface area contributed by atoms with Crippen LogP contribution in [-0.4, -0.2) is 14.9 Å². The van der Waals surface area contributed by atoms with Crippen LogP contribution in [0.3, 0.4) is 0 Å². The standard InChI is InChI=1S/C13H11N3O2S/c17-16(18)11-7-2-1-4-9(11)12-14-10-6-3-5-8(10)13(19)15-12/h1-2,4,7H,3,5-6H2,(H,14,15,19). The number of fused-ring (bicyclic) bond motifs is 1. The van der Waals surface area contributed by atoms with E-state index in [2.05, 4.69) is 9.97 Å². The molecule has 0 fully saturated rings. The SMILES string of the molecule is O=[N+]([O-])c1ccccc1-c1nc(=S)c2c([nH]1)CCC2. The number of nitrogens with one attached hydrogen (secondary N) is 1. The number of H-pyrrole nitrogens is 1. The summed E-state index contributed by atoms with van der Waals surface area (Å²) in [7, 11) is 0. The molecule has 1 heterocycles. The third-order valence-corrected chi connectivity index (χ3v) is 3.65. The van der Waals surface area contributed by atoms with Crippen molar-refractivity contribution in [2.45, 2.75) is 19.3 Å². The van der Waals surface area contributed by atoms with Crippen LogP contribution in [0.25, 0.3) is 11.4 Å². The Morgan fingerprint density at radius 3 is 2.89 bits per heavy atom. The number of aromatic amines is 1. The molecule has 0 atom stereocenters. The summed E-state index contributed by atoms with van der Waals surface area (Å²) >= 11 is 5.27. The first-order chi connectivity index (χ1) is 9.16. The molecule has 96 valence electrons. The highest BCUT2D eigenvalue weighted by Gasteiger charge is 2.20. The average molecular weight is 273 g/mol. The molecule has 1 aliphatic carbocycles. The number of benzene rings is 1. The van der Waals surface area contributed by atoms with Gasteiger partial charge in [0, 0.05) is 17.3 Å². The molecule has 0 unspecified atom stereocenters. The van der Waals surface area contributed by atoms with Crippen LogP contribution >= 0.6 is 12.2 Å². The highest BCUT2D eigenvalue weighted by atomic mass is 32.1. The predicted molar refractivity (Wildman–Crippen MR) is 73.5 cm³/mol. The first kappa shape index (κ1) is 12.0. The first-order valence-corrected chi connectivity index (χ1v) is 6.43. The minimum atomic E-state index is -0.402. The monoisotopic (exact) mass is 273 g/mol. The molecule has 6 heteroatoms. The zero-order valence-electron chi connectivity index (χ0n) is 10.0. The maximum atomic E-state index is 11.1. The van der Waals surface area contributed by atoms with Gasteiger partial charge in [0.15, 0.2) is 0 Å². The lowest BCUT2D eigenvalue weighted by molar-refractivity contribution is -0.384. The van der Waals surface area contributed by atoms with Crippen LogP contribution in [0, 0.1) is 14.8 Å². The normalized spacial score (nSPS) is 13.3. The second-order valence-corrected chi connectivity index (χ2v) is 4.86. The summed E-state index contributed by atoms with van der Waals surface area (Å²) in [5, 5.41) is 11.1. The van der Waals surface area contributed by atoms with E-state index in [0.29, 0.717) is 16.0 Å². The molecule has 0 saturated carbocycles. The quantitative estimate of drug-likeness (QED) is 0.518. The van der Waals surface area contributed by atoms with Crippen molar-refractivity contribution in [3.63, 3.8) is 0 Å². The summed E-state index contributed by atoms with van der Waals surface area (Å²) in [6.07, 6.45) is 2.92. The van der Waals surface area contributed by atoms with Crippen molar-refractivity contribution in [3.05, 3.63) is 50.3 Å². The number of para-hydroxylation sites is 1. The molecular weight excluding hydrogens is 262 g/mol. The van der Waals surface area contributed by atoms with E-state index < -0.39 is 4.92 Å². The van der Waals surface area contributed by atoms with Gasteiger partial charge in [0.25, 0.3) is 5.69 Å². The molecule has 1 aromatic heterocycles. The molecular formula is C13H11N3O2S. The number of aromatic nitrogens is 2. The maximum absolute atomic E-state index is 11.1. The number of hydrogen-bond donors (Lipinski definition) is 1. The van der Waals surface area contributed by atoms with Crippen molar-refractivity contribution in [3.8, 4) is 11.4 Å². The van der Waals surface area contributed by atoms with Gasteiger partial charge in [0.05, 0.1) is 10.5 Å². The van der Waals surface area contributed by atoms with E-state index >= 15 is 0 Å². The molecule has 5 nitrogen and oxygen atoms in total. The number of aryl methyl sites for hydroxylation is 1. The molecule has 0 amide bonds. The van der Waals surface area contributed by atoms with Gasteiger partial charge in [-0.1, -0.05) is 24.4 Å². The van der Waals surface area contributed by atoms with E-state index in [-0.39, 0.29) is 5.69 Å². The van der Waals surface area contributed by atoms with Crippen LogP contribution in [0.4, 0.5) is 5.69 Å². The van der Waals surface area contributed by atoms with Crippen LogP contribution in [-0.2, 0) is 12.8 Å². The number of rotatable bonds is 2. The summed E-state index contributed by atoms with van der Waals surface area (Å²) in [6.45, 7) is 0. The predicted octanol–water partition coefficient (Wildman–Crippen LogP) is 3.20. The molecule has 19 heavy (non-hydrogen) atoms. The lowest BCUT2D eigenvalue weighted by Gasteiger charge is -2.06. The Labute approximate surface area is 114 Å². The van der Waals surface area contributed by atoms with E-state index in [0.717, 1.165) is 30.5 Å². The number of nitro benzene ring substituents is 1. The third kappa shape index (κ3) is 2.04. The zero-order chi connectivity index (χ0) is 13.4. The van der Waals surface area contributed by atoms with Gasteiger partial charge >= 0.3 is 0 Å². The molecule has 0 saturated heterocycles. The molecule has 2 aromatic rings. The van der Waals surface area contributed by atoms with E-state index in [4.69, 9.17) is 12.2 Å². The van der Waals surface area contributed by atoms with Gasteiger partial charge in [-0.05, 0) is 25.3 Å². The van der Waals surface area contributed by atoms with Crippen molar-refractivity contribution < 1.29 is 4.92 Å². The third-order valence-electron chi connectivity index (χ3n) is 3.31. The second-order valence-electron chi connectivity index (χ2n) is 4.48. The highest BCUT2D eigenvalue weighted by Crippen LogP contribution is 2.29. The Balaban J connectivity index is 2.21. The van der Waals surface area contributed by atoms with Gasteiger partial charge in [-0.15, -0.1) is 0 Å². The van der Waals surface area contributed by atoms with Crippen molar-refractivity contribution in [1.82, 2.24) is 9.97 Å². The molecule has 0 spiro atoms. The van der Waals surface area contributed by atoms with Crippen LogP contribution in [0.2, 0.25) is 0 Å². The van der Waals surface area contributed by atoms with Crippen molar-refractivity contribution in [2.75, 3.05) is 0 Å². The van der Waals surface area contributed by atoms with E-state index in [1.165, 1.54) is 6.07 Å². The molecule has 0 aliphatic heterocycles. The summed E-state index contributed by atoms with van der Waals surface area (Å²) in [6, 6.07) is 6.56. The van der Waals surface area contributed by atoms with Gasteiger partial charge in [-0.25, -0.2) is 4.98 Å². The van der Waals surface area contributed by atoms with Crippen molar-refractivity contribution >= 4 is 17.9 Å². The fourth-order valence-corrected chi connectivity index (χ4v) is 2.73. The van der Waals surface area contributed by atoms with Crippen LogP contribution in [0.5, 0.6) is 0 Å². The fourth-order valence-electron chi connectivity index (χ4n) is 2.42. The zero-order valence-corrected chi connectivity index (χ0v) is 10.9. The minimum absolute atomic E-state index is 0.0404. The summed E-state index contributed by atoms with van der Waals surface area (Å²) in [5.74, 6) is 0.484. The van der Waals surface area contributed by atoms with E-state index in [9.17, 15) is 10.1 Å². The molecule has 0 bridgehead atoms. The lowest BCUT2D eigenvalue weighted by atomic mass is 10.1. The number of nitrogens with zero attached hydrogens (tertiary/aromatic N) is 2. The average Bonchev–Trinajstić information content (AvgIpc) is 2.87. The summed E-state index contributed by atoms with van der Waals surface area (Å²) < 4.78 is 0.555. The van der Waals surface area contributed by atoms with Crippen LogP contribution in [0.15, 0.2) is 24.3 Å². The molecule has 3 rings (SSSR count). The molecule has 1 aromatic carbocycles. The Morgan fingerprint density at radius 1 is 1.32 bits per heavy atom. The Bertz CT molecular complexity index is 724. The Morgan fingerprint density at radius 2 is 2.11 bits per heavy atom. The lowest BCUT2D eigenvalue weighted by Crippen LogP contribution is -1.99. The fraction of sp³-hybridized carbons (Fsp3) is 0.231. The summed E-state index contributed by atoms with van der Waals surface area (Å²) in [5.41, 5.74) is 2.66. The Kier molecular flexibility index (Phi) is 2.87. The molecule has 1 N–H and O–H groups in total.